The minimum absolute atomic E-state index is 0.169. The summed E-state index contributed by atoms with van der Waals surface area (Å²) in [6, 6.07) is 13.2. The van der Waals surface area contributed by atoms with Gasteiger partial charge in [-0.25, -0.2) is 4.39 Å². The zero-order valence-corrected chi connectivity index (χ0v) is 10.9. The molecule has 0 spiro atoms. The van der Waals surface area contributed by atoms with E-state index in [0.717, 1.165) is 17.1 Å². The van der Waals surface area contributed by atoms with Crippen LogP contribution in [0.25, 0.3) is 0 Å². The molecular weight excluding hydrogens is 227 g/mol. The Labute approximate surface area is 107 Å². The number of halogens is 1. The Balaban J connectivity index is 2.28. The van der Waals surface area contributed by atoms with Crippen molar-refractivity contribution in [3.8, 4) is 0 Å². The Hall–Kier alpha value is -2.03. The molecule has 0 amide bonds. The molecular formula is C15H17FN2. The molecule has 2 aromatic carbocycles. The summed E-state index contributed by atoms with van der Waals surface area (Å²) in [5.41, 5.74) is 3.78. The molecule has 2 nitrogen and oxygen atoms in total. The van der Waals surface area contributed by atoms with Crippen LogP contribution in [0.15, 0.2) is 42.5 Å². The summed E-state index contributed by atoms with van der Waals surface area (Å²) in [7, 11) is 3.86. The van der Waals surface area contributed by atoms with Gasteiger partial charge in [0.05, 0.1) is 0 Å². The zero-order valence-electron chi connectivity index (χ0n) is 10.9. The van der Waals surface area contributed by atoms with Crippen molar-refractivity contribution < 1.29 is 4.39 Å². The SMILES string of the molecule is CNc1ccc(N(C)c2ccc(F)c(C)c2)cc1. The Kier molecular flexibility index (Phi) is 3.51. The molecule has 0 bridgehead atoms. The number of hydrogen-bond donors (Lipinski definition) is 1. The zero-order chi connectivity index (χ0) is 13.1. The van der Waals surface area contributed by atoms with Crippen LogP contribution in [0.3, 0.4) is 0 Å². The number of hydrogen-bond acceptors (Lipinski definition) is 2. The van der Waals surface area contributed by atoms with Crippen LogP contribution in [0.5, 0.6) is 0 Å². The lowest BCUT2D eigenvalue weighted by Crippen LogP contribution is -2.09. The summed E-state index contributed by atoms with van der Waals surface area (Å²) < 4.78 is 13.2. The Bertz CT molecular complexity index is 535. The van der Waals surface area contributed by atoms with Crippen molar-refractivity contribution >= 4 is 17.1 Å². The molecule has 2 rings (SSSR count). The van der Waals surface area contributed by atoms with Crippen LogP contribution in [0.4, 0.5) is 21.5 Å². The van der Waals surface area contributed by atoms with Gasteiger partial charge in [-0.2, -0.15) is 0 Å². The van der Waals surface area contributed by atoms with Crippen molar-refractivity contribution in [2.45, 2.75) is 6.92 Å². The number of benzene rings is 2. The Morgan fingerprint density at radius 3 is 2.17 bits per heavy atom. The van der Waals surface area contributed by atoms with E-state index in [1.165, 1.54) is 6.07 Å². The van der Waals surface area contributed by atoms with Crippen LogP contribution in [-0.4, -0.2) is 14.1 Å². The van der Waals surface area contributed by atoms with Crippen molar-refractivity contribution in [2.24, 2.45) is 0 Å². The topological polar surface area (TPSA) is 15.3 Å². The first-order chi connectivity index (χ1) is 8.61. The van der Waals surface area contributed by atoms with Gasteiger partial charge >= 0.3 is 0 Å². The summed E-state index contributed by atoms with van der Waals surface area (Å²) in [6.45, 7) is 1.77. The van der Waals surface area contributed by atoms with E-state index >= 15 is 0 Å². The molecule has 0 saturated carbocycles. The molecule has 3 heteroatoms. The third-order valence-corrected chi connectivity index (χ3v) is 3.07. The highest BCUT2D eigenvalue weighted by Crippen LogP contribution is 2.26. The summed E-state index contributed by atoms with van der Waals surface area (Å²) >= 11 is 0. The van der Waals surface area contributed by atoms with Gasteiger partial charge in [0.2, 0.25) is 0 Å². The molecule has 1 N–H and O–H groups in total. The lowest BCUT2D eigenvalue weighted by atomic mass is 10.2. The maximum absolute atomic E-state index is 13.2. The van der Waals surface area contributed by atoms with E-state index in [1.54, 1.807) is 13.0 Å². The highest BCUT2D eigenvalue weighted by molar-refractivity contribution is 5.65. The fourth-order valence-corrected chi connectivity index (χ4v) is 1.84. The van der Waals surface area contributed by atoms with Crippen molar-refractivity contribution in [1.82, 2.24) is 0 Å². The van der Waals surface area contributed by atoms with Crippen molar-refractivity contribution in [2.75, 3.05) is 24.3 Å². The van der Waals surface area contributed by atoms with Crippen LogP contribution < -0.4 is 10.2 Å². The molecule has 0 radical (unpaired) electrons. The van der Waals surface area contributed by atoms with Gasteiger partial charge in [0.25, 0.3) is 0 Å². The van der Waals surface area contributed by atoms with Gasteiger partial charge < -0.3 is 10.2 Å². The summed E-state index contributed by atoms with van der Waals surface area (Å²) in [5.74, 6) is -0.169. The van der Waals surface area contributed by atoms with Crippen LogP contribution in [0.1, 0.15) is 5.56 Å². The summed E-state index contributed by atoms with van der Waals surface area (Å²) in [4.78, 5) is 2.03. The highest BCUT2D eigenvalue weighted by Gasteiger charge is 2.06. The van der Waals surface area contributed by atoms with Gasteiger partial charge in [-0.1, -0.05) is 0 Å². The molecule has 0 aliphatic rings. The second-order valence-corrected chi connectivity index (χ2v) is 4.29. The average molecular weight is 244 g/mol. The number of nitrogens with one attached hydrogen (secondary N) is 1. The number of aryl methyl sites for hydroxylation is 1. The third kappa shape index (κ3) is 2.45. The maximum Gasteiger partial charge on any atom is 0.126 e. The van der Waals surface area contributed by atoms with E-state index in [-0.39, 0.29) is 5.82 Å². The lowest BCUT2D eigenvalue weighted by molar-refractivity contribution is 0.618. The van der Waals surface area contributed by atoms with Gasteiger partial charge in [0.1, 0.15) is 5.82 Å². The minimum Gasteiger partial charge on any atom is -0.388 e. The molecule has 94 valence electrons. The van der Waals surface area contributed by atoms with E-state index in [2.05, 4.69) is 5.32 Å². The molecule has 0 unspecified atom stereocenters. The van der Waals surface area contributed by atoms with Gasteiger partial charge in [-0.15, -0.1) is 0 Å². The smallest absolute Gasteiger partial charge is 0.126 e. The maximum atomic E-state index is 13.2. The van der Waals surface area contributed by atoms with Crippen LogP contribution in [0.2, 0.25) is 0 Å². The van der Waals surface area contributed by atoms with Crippen LogP contribution in [-0.2, 0) is 0 Å². The number of nitrogens with zero attached hydrogens (tertiary/aromatic N) is 1. The van der Waals surface area contributed by atoms with Crippen molar-refractivity contribution in [3.05, 3.63) is 53.8 Å². The fraction of sp³-hybridized carbons (Fsp3) is 0.200. The van der Waals surface area contributed by atoms with Crippen molar-refractivity contribution in [1.29, 1.82) is 0 Å². The first kappa shape index (κ1) is 12.4. The molecule has 0 saturated heterocycles. The Morgan fingerprint density at radius 1 is 1.00 bits per heavy atom. The third-order valence-electron chi connectivity index (χ3n) is 3.07. The van der Waals surface area contributed by atoms with E-state index in [4.69, 9.17) is 0 Å². The standard InChI is InChI=1S/C15H17FN2/c1-11-10-14(8-9-15(11)16)18(3)13-6-4-12(17-2)5-7-13/h4-10,17H,1-3H3. The highest BCUT2D eigenvalue weighted by atomic mass is 19.1. The van der Waals surface area contributed by atoms with Gasteiger partial charge in [0, 0.05) is 31.2 Å². The summed E-state index contributed by atoms with van der Waals surface area (Å²) in [5, 5.41) is 3.08. The molecule has 0 aliphatic heterocycles. The van der Waals surface area contributed by atoms with Gasteiger partial charge in [-0.05, 0) is 55.0 Å². The summed E-state index contributed by atoms with van der Waals surface area (Å²) in [6.07, 6.45) is 0. The quantitative estimate of drug-likeness (QED) is 0.879. The molecule has 0 aromatic heterocycles. The number of anilines is 3. The molecule has 0 fully saturated rings. The van der Waals surface area contributed by atoms with Gasteiger partial charge in [-0.3, -0.25) is 0 Å². The first-order valence-electron chi connectivity index (χ1n) is 5.89. The molecule has 2 aromatic rings. The van der Waals surface area contributed by atoms with Crippen LogP contribution >= 0.6 is 0 Å². The van der Waals surface area contributed by atoms with E-state index in [1.807, 2.05) is 49.3 Å². The van der Waals surface area contributed by atoms with Gasteiger partial charge in [0.15, 0.2) is 0 Å². The first-order valence-corrected chi connectivity index (χ1v) is 5.89. The van der Waals surface area contributed by atoms with E-state index in [9.17, 15) is 4.39 Å². The predicted octanol–water partition coefficient (Wildman–Crippen LogP) is 3.94. The molecule has 18 heavy (non-hydrogen) atoms. The molecule has 0 atom stereocenters. The monoisotopic (exact) mass is 244 g/mol. The van der Waals surface area contributed by atoms with E-state index in [0.29, 0.717) is 5.56 Å². The second-order valence-electron chi connectivity index (χ2n) is 4.29. The van der Waals surface area contributed by atoms with Crippen LogP contribution in [0, 0.1) is 12.7 Å². The van der Waals surface area contributed by atoms with Crippen molar-refractivity contribution in [3.63, 3.8) is 0 Å². The van der Waals surface area contributed by atoms with E-state index < -0.39 is 0 Å². The fourth-order valence-electron chi connectivity index (χ4n) is 1.84. The predicted molar refractivity (Wildman–Crippen MR) is 75.2 cm³/mol. The number of rotatable bonds is 3. The largest absolute Gasteiger partial charge is 0.388 e. The minimum atomic E-state index is -0.169. The average Bonchev–Trinajstić information content (AvgIpc) is 2.41. The molecule has 0 aliphatic carbocycles. The molecule has 0 heterocycles. The normalized spacial score (nSPS) is 10.2. The Morgan fingerprint density at radius 2 is 1.61 bits per heavy atom. The lowest BCUT2D eigenvalue weighted by Gasteiger charge is -2.20. The second kappa shape index (κ2) is 5.08.